The number of fused-ring (bicyclic) bond motifs is 1. The summed E-state index contributed by atoms with van der Waals surface area (Å²) in [5, 5.41) is 12.4. The zero-order chi connectivity index (χ0) is 19.2. The van der Waals surface area contributed by atoms with Crippen LogP contribution in [0, 0.1) is 19.7 Å². The third-order valence-corrected chi connectivity index (χ3v) is 6.82. The molecular weight excluding hydrogens is 371 g/mol. The fourth-order valence-electron chi connectivity index (χ4n) is 3.24. The van der Waals surface area contributed by atoms with Gasteiger partial charge in [0.2, 0.25) is 10.0 Å². The van der Waals surface area contributed by atoms with Gasteiger partial charge in [-0.05, 0) is 31.5 Å². The maximum atomic E-state index is 13.5. The number of hydrogen-bond donors (Lipinski definition) is 0. The average Bonchev–Trinajstić information content (AvgIpc) is 3.04. The third kappa shape index (κ3) is 3.15. The lowest BCUT2D eigenvalue weighted by Gasteiger charge is -2.35. The summed E-state index contributed by atoms with van der Waals surface area (Å²) in [7, 11) is -3.73. The van der Waals surface area contributed by atoms with Gasteiger partial charge in [-0.2, -0.15) is 13.9 Å². The summed E-state index contributed by atoms with van der Waals surface area (Å²) >= 11 is 0. The minimum absolute atomic E-state index is 0.0259. The Bertz CT molecular complexity index is 1110. The van der Waals surface area contributed by atoms with Crippen LogP contribution in [0.2, 0.25) is 0 Å². The van der Waals surface area contributed by atoms with E-state index in [-0.39, 0.29) is 4.90 Å². The van der Waals surface area contributed by atoms with Crippen LogP contribution in [0.15, 0.2) is 35.4 Å². The lowest BCUT2D eigenvalue weighted by Crippen LogP contribution is -2.48. The molecule has 0 bridgehead atoms. The predicted molar refractivity (Wildman–Crippen MR) is 97.6 cm³/mol. The topological polar surface area (TPSA) is 83.7 Å². The molecule has 0 aliphatic carbocycles. The van der Waals surface area contributed by atoms with Gasteiger partial charge >= 0.3 is 0 Å². The number of benzene rings is 1. The second kappa shape index (κ2) is 6.54. The zero-order valence-electron chi connectivity index (χ0n) is 15.0. The van der Waals surface area contributed by atoms with Gasteiger partial charge < -0.3 is 4.90 Å². The van der Waals surface area contributed by atoms with Crippen LogP contribution in [-0.2, 0) is 10.0 Å². The fraction of sp³-hybridized carbons (Fsp3) is 0.353. The van der Waals surface area contributed by atoms with Crippen molar-refractivity contribution in [3.8, 4) is 0 Å². The van der Waals surface area contributed by atoms with E-state index >= 15 is 0 Å². The van der Waals surface area contributed by atoms with Crippen molar-refractivity contribution in [2.24, 2.45) is 0 Å². The minimum atomic E-state index is -3.73. The summed E-state index contributed by atoms with van der Waals surface area (Å²) in [5.41, 5.74) is 2.06. The first kappa shape index (κ1) is 17.8. The molecule has 1 aliphatic heterocycles. The van der Waals surface area contributed by atoms with Crippen LogP contribution in [-0.4, -0.2) is 58.7 Å². The molecule has 0 saturated carbocycles. The Balaban J connectivity index is 1.53. The number of nitrogens with zero attached hydrogens (tertiary/aromatic N) is 6. The molecule has 0 atom stereocenters. The smallest absolute Gasteiger partial charge is 0.243 e. The average molecular weight is 390 g/mol. The summed E-state index contributed by atoms with van der Waals surface area (Å²) < 4.78 is 42.4. The van der Waals surface area contributed by atoms with Gasteiger partial charge in [0.1, 0.15) is 5.82 Å². The van der Waals surface area contributed by atoms with Gasteiger partial charge in [-0.1, -0.05) is 6.07 Å². The van der Waals surface area contributed by atoms with E-state index < -0.39 is 15.8 Å². The first-order chi connectivity index (χ1) is 12.9. The van der Waals surface area contributed by atoms with E-state index in [2.05, 4.69) is 20.2 Å². The van der Waals surface area contributed by atoms with E-state index in [0.29, 0.717) is 43.2 Å². The molecule has 0 amide bonds. The molecule has 1 saturated heterocycles. The second-order valence-electron chi connectivity index (χ2n) is 6.53. The Morgan fingerprint density at radius 1 is 1.04 bits per heavy atom. The molecule has 2 aromatic heterocycles. The molecule has 4 rings (SSSR count). The number of sulfonamides is 1. The van der Waals surface area contributed by atoms with Gasteiger partial charge in [0.25, 0.3) is 0 Å². The van der Waals surface area contributed by atoms with E-state index in [9.17, 15) is 12.8 Å². The van der Waals surface area contributed by atoms with Crippen LogP contribution in [0.4, 0.5) is 10.1 Å². The number of aromatic nitrogens is 4. The molecule has 0 spiro atoms. The molecule has 8 nitrogen and oxygen atoms in total. The molecule has 0 radical (unpaired) electrons. The molecule has 1 aliphatic rings. The standard InChI is InChI=1S/C17H19FN6O2S/c1-12-3-4-14(18)9-16(12)27(25,26)23-7-5-22(6-8-23)15-10-17-21-20-13(2)24(17)19-11-15/h3-4,9-11H,5-8H2,1-2H3. The van der Waals surface area contributed by atoms with E-state index in [1.807, 2.05) is 13.0 Å². The molecular formula is C17H19FN6O2S. The van der Waals surface area contributed by atoms with Crippen molar-refractivity contribution in [2.75, 3.05) is 31.1 Å². The SMILES string of the molecule is Cc1ccc(F)cc1S(=O)(=O)N1CCN(c2cnn3c(C)nnc3c2)CC1. The molecule has 10 heteroatoms. The van der Waals surface area contributed by atoms with Crippen molar-refractivity contribution in [1.82, 2.24) is 24.1 Å². The van der Waals surface area contributed by atoms with Gasteiger partial charge in [-0.15, -0.1) is 10.2 Å². The van der Waals surface area contributed by atoms with Gasteiger partial charge in [0.15, 0.2) is 11.5 Å². The lowest BCUT2D eigenvalue weighted by molar-refractivity contribution is 0.384. The molecule has 1 fully saturated rings. The first-order valence-corrected chi connectivity index (χ1v) is 9.99. The summed E-state index contributed by atoms with van der Waals surface area (Å²) in [5.74, 6) is 0.152. The molecule has 1 aromatic carbocycles. The largest absolute Gasteiger partial charge is 0.367 e. The van der Waals surface area contributed by atoms with Crippen molar-refractivity contribution in [1.29, 1.82) is 0 Å². The van der Waals surface area contributed by atoms with E-state index in [1.165, 1.54) is 16.4 Å². The summed E-state index contributed by atoms with van der Waals surface area (Å²) in [6.07, 6.45) is 1.73. The normalized spacial score (nSPS) is 16.2. The van der Waals surface area contributed by atoms with Gasteiger partial charge in [0, 0.05) is 32.2 Å². The van der Waals surface area contributed by atoms with Crippen LogP contribution >= 0.6 is 0 Å². The van der Waals surface area contributed by atoms with E-state index in [0.717, 1.165) is 11.8 Å². The van der Waals surface area contributed by atoms with Crippen LogP contribution in [0.3, 0.4) is 0 Å². The highest BCUT2D eigenvalue weighted by Gasteiger charge is 2.30. The summed E-state index contributed by atoms with van der Waals surface area (Å²) in [6.45, 7) is 5.15. The van der Waals surface area contributed by atoms with Crippen molar-refractivity contribution in [3.63, 3.8) is 0 Å². The highest BCUT2D eigenvalue weighted by molar-refractivity contribution is 7.89. The number of hydrogen-bond acceptors (Lipinski definition) is 6. The Labute approximate surface area is 156 Å². The van der Waals surface area contributed by atoms with Gasteiger partial charge in [-0.25, -0.2) is 12.8 Å². The maximum Gasteiger partial charge on any atom is 0.243 e. The number of rotatable bonds is 3. The molecule has 3 heterocycles. The summed E-state index contributed by atoms with van der Waals surface area (Å²) in [4.78, 5) is 2.08. The Hall–Kier alpha value is -2.59. The van der Waals surface area contributed by atoms with Crippen LogP contribution in [0.1, 0.15) is 11.4 Å². The van der Waals surface area contributed by atoms with Crippen LogP contribution in [0.5, 0.6) is 0 Å². The van der Waals surface area contributed by atoms with Crippen molar-refractivity contribution >= 4 is 21.4 Å². The zero-order valence-corrected chi connectivity index (χ0v) is 15.8. The quantitative estimate of drug-likeness (QED) is 0.672. The maximum absolute atomic E-state index is 13.5. The Kier molecular flexibility index (Phi) is 4.31. The van der Waals surface area contributed by atoms with Gasteiger partial charge in [0.05, 0.1) is 16.8 Å². The number of aryl methyl sites for hydroxylation is 2. The van der Waals surface area contributed by atoms with E-state index in [4.69, 9.17) is 0 Å². The monoisotopic (exact) mass is 390 g/mol. The number of halogens is 1. The Morgan fingerprint density at radius 3 is 2.52 bits per heavy atom. The molecule has 27 heavy (non-hydrogen) atoms. The minimum Gasteiger partial charge on any atom is -0.367 e. The highest BCUT2D eigenvalue weighted by atomic mass is 32.2. The van der Waals surface area contributed by atoms with Crippen LogP contribution < -0.4 is 4.90 Å². The first-order valence-electron chi connectivity index (χ1n) is 8.55. The fourth-order valence-corrected chi connectivity index (χ4v) is 4.90. The van der Waals surface area contributed by atoms with Crippen molar-refractivity contribution in [3.05, 3.63) is 47.7 Å². The molecule has 142 valence electrons. The molecule has 0 N–H and O–H groups in total. The molecule has 0 unspecified atom stereocenters. The highest BCUT2D eigenvalue weighted by Crippen LogP contribution is 2.24. The predicted octanol–water partition coefficient (Wildman–Crippen LogP) is 1.39. The molecule has 3 aromatic rings. The lowest BCUT2D eigenvalue weighted by atomic mass is 10.2. The Morgan fingerprint density at radius 2 is 1.78 bits per heavy atom. The van der Waals surface area contributed by atoms with Crippen molar-refractivity contribution < 1.29 is 12.8 Å². The number of piperazine rings is 1. The third-order valence-electron chi connectivity index (χ3n) is 4.77. The van der Waals surface area contributed by atoms with Crippen molar-refractivity contribution in [2.45, 2.75) is 18.7 Å². The summed E-state index contributed by atoms with van der Waals surface area (Å²) in [6, 6.07) is 5.72. The number of anilines is 1. The van der Waals surface area contributed by atoms with Gasteiger partial charge in [-0.3, -0.25) is 0 Å². The second-order valence-corrected chi connectivity index (χ2v) is 8.44. The van der Waals surface area contributed by atoms with E-state index in [1.54, 1.807) is 17.6 Å². The van der Waals surface area contributed by atoms with Crippen LogP contribution in [0.25, 0.3) is 5.65 Å².